The number of aryl methyl sites for hydroxylation is 1. The van der Waals surface area contributed by atoms with Crippen LogP contribution in [0.3, 0.4) is 0 Å². The van der Waals surface area contributed by atoms with Crippen molar-refractivity contribution in [3.8, 4) is 5.75 Å². The minimum Gasteiger partial charge on any atom is -0.495 e. The summed E-state index contributed by atoms with van der Waals surface area (Å²) in [6.45, 7) is 0.499. The third-order valence-corrected chi connectivity index (χ3v) is 6.75. The highest BCUT2D eigenvalue weighted by Crippen LogP contribution is 2.29. The largest absolute Gasteiger partial charge is 0.495 e. The third kappa shape index (κ3) is 5.30. The summed E-state index contributed by atoms with van der Waals surface area (Å²) in [7, 11) is -2.59. The Morgan fingerprint density at radius 1 is 1.00 bits per heavy atom. The van der Waals surface area contributed by atoms with Crippen LogP contribution in [0, 0.1) is 0 Å². The lowest BCUT2D eigenvalue weighted by atomic mass is 10.2. The number of carbonyl (C=O) groups excluding carboxylic acids is 1. The molecule has 170 valence electrons. The summed E-state index contributed by atoms with van der Waals surface area (Å²) >= 11 is 5.86. The maximum absolute atomic E-state index is 13.0. The molecule has 0 saturated carbocycles. The van der Waals surface area contributed by atoms with Crippen LogP contribution in [0.4, 0.5) is 11.4 Å². The molecule has 33 heavy (non-hydrogen) atoms. The molecule has 3 aromatic carbocycles. The van der Waals surface area contributed by atoms with Gasteiger partial charge in [-0.3, -0.25) is 9.52 Å². The number of carbonyl (C=O) groups is 1. The fourth-order valence-electron chi connectivity index (χ4n) is 3.47. The molecule has 0 aliphatic rings. The number of hydrogen-bond acceptors (Lipinski definition) is 4. The van der Waals surface area contributed by atoms with Crippen molar-refractivity contribution in [2.75, 3.05) is 17.1 Å². The van der Waals surface area contributed by atoms with Crippen molar-refractivity contribution in [1.29, 1.82) is 0 Å². The van der Waals surface area contributed by atoms with Crippen LogP contribution in [0.2, 0.25) is 5.02 Å². The summed E-state index contributed by atoms with van der Waals surface area (Å²) in [5, 5.41) is 4.37. The Labute approximate surface area is 197 Å². The highest BCUT2D eigenvalue weighted by Gasteiger charge is 2.21. The van der Waals surface area contributed by atoms with E-state index in [1.54, 1.807) is 30.3 Å². The number of ether oxygens (including phenoxy) is 1. The van der Waals surface area contributed by atoms with E-state index in [0.29, 0.717) is 22.9 Å². The first-order chi connectivity index (χ1) is 15.9. The molecule has 4 rings (SSSR count). The number of benzene rings is 3. The van der Waals surface area contributed by atoms with Gasteiger partial charge in [0.05, 0.1) is 7.11 Å². The van der Waals surface area contributed by atoms with E-state index in [4.69, 9.17) is 16.3 Å². The van der Waals surface area contributed by atoms with Gasteiger partial charge in [0.25, 0.3) is 10.0 Å². The number of aromatic nitrogens is 1. The second kappa shape index (κ2) is 9.56. The number of amides is 1. The van der Waals surface area contributed by atoms with Gasteiger partial charge in [-0.2, -0.15) is 0 Å². The van der Waals surface area contributed by atoms with Crippen LogP contribution < -0.4 is 14.8 Å². The molecule has 2 N–H and O–H groups in total. The van der Waals surface area contributed by atoms with Crippen LogP contribution in [-0.4, -0.2) is 26.0 Å². The summed E-state index contributed by atoms with van der Waals surface area (Å²) in [6, 6.07) is 20.7. The SMILES string of the molecule is COc1ccc(NC(=O)CCn2ccc3ccccc32)cc1S(=O)(=O)Nc1ccc(Cl)cc1. The van der Waals surface area contributed by atoms with Gasteiger partial charge in [0.15, 0.2) is 0 Å². The number of nitrogens with zero attached hydrogens (tertiary/aromatic N) is 1. The molecular formula is C24H22ClN3O4S. The van der Waals surface area contributed by atoms with Gasteiger partial charge in [0.1, 0.15) is 10.6 Å². The quantitative estimate of drug-likeness (QED) is 0.363. The maximum atomic E-state index is 13.0. The molecule has 1 amide bonds. The predicted molar refractivity (Wildman–Crippen MR) is 130 cm³/mol. The first-order valence-electron chi connectivity index (χ1n) is 10.2. The number of fused-ring (bicyclic) bond motifs is 1. The minimum atomic E-state index is -3.97. The predicted octanol–water partition coefficient (Wildman–Crippen LogP) is 5.13. The van der Waals surface area contributed by atoms with Crippen LogP contribution >= 0.6 is 11.6 Å². The maximum Gasteiger partial charge on any atom is 0.265 e. The standard InChI is InChI=1S/C24H22ClN3O4S/c1-32-22-11-10-20(16-23(22)33(30,31)27-19-8-6-18(25)7-9-19)26-24(29)13-15-28-14-12-17-4-2-3-5-21(17)28/h2-12,14,16,27H,13,15H2,1H3,(H,26,29). The van der Waals surface area contributed by atoms with Gasteiger partial charge in [-0.05, 0) is 60.0 Å². The van der Waals surface area contributed by atoms with Crippen LogP contribution in [-0.2, 0) is 21.4 Å². The number of methoxy groups -OCH3 is 1. The Kier molecular flexibility index (Phi) is 6.57. The van der Waals surface area contributed by atoms with Gasteiger partial charge >= 0.3 is 0 Å². The number of para-hydroxylation sites is 1. The second-order valence-corrected chi connectivity index (χ2v) is 9.43. The summed E-state index contributed by atoms with van der Waals surface area (Å²) in [5.41, 5.74) is 1.76. The molecule has 7 nitrogen and oxygen atoms in total. The van der Waals surface area contributed by atoms with E-state index in [1.165, 1.54) is 19.2 Å². The van der Waals surface area contributed by atoms with E-state index in [1.807, 2.05) is 41.1 Å². The van der Waals surface area contributed by atoms with Crippen molar-refractivity contribution >= 4 is 49.8 Å². The van der Waals surface area contributed by atoms with Gasteiger partial charge in [-0.15, -0.1) is 0 Å². The summed E-state index contributed by atoms with van der Waals surface area (Å²) in [6.07, 6.45) is 2.17. The van der Waals surface area contributed by atoms with E-state index in [0.717, 1.165) is 10.9 Å². The lowest BCUT2D eigenvalue weighted by molar-refractivity contribution is -0.116. The highest BCUT2D eigenvalue weighted by molar-refractivity contribution is 7.92. The van der Waals surface area contributed by atoms with Crippen molar-refractivity contribution in [2.24, 2.45) is 0 Å². The number of sulfonamides is 1. The monoisotopic (exact) mass is 483 g/mol. The van der Waals surface area contributed by atoms with Crippen molar-refractivity contribution in [2.45, 2.75) is 17.9 Å². The molecule has 0 bridgehead atoms. The van der Waals surface area contributed by atoms with E-state index in [-0.39, 0.29) is 23.0 Å². The Hall–Kier alpha value is -3.49. The molecule has 0 fully saturated rings. The average Bonchev–Trinajstić information content (AvgIpc) is 3.22. The van der Waals surface area contributed by atoms with Crippen molar-refractivity contribution in [3.05, 3.63) is 84.0 Å². The molecule has 1 aromatic heterocycles. The minimum absolute atomic E-state index is 0.0887. The van der Waals surface area contributed by atoms with Gasteiger partial charge in [0.2, 0.25) is 5.91 Å². The average molecular weight is 484 g/mol. The number of rotatable bonds is 8. The Morgan fingerprint density at radius 2 is 1.73 bits per heavy atom. The number of nitrogens with one attached hydrogen (secondary N) is 2. The smallest absolute Gasteiger partial charge is 0.265 e. The zero-order valence-electron chi connectivity index (χ0n) is 17.8. The van der Waals surface area contributed by atoms with Gasteiger partial charge in [0, 0.05) is 41.1 Å². The van der Waals surface area contributed by atoms with E-state index in [2.05, 4.69) is 10.0 Å². The fourth-order valence-corrected chi connectivity index (χ4v) is 4.85. The molecule has 0 aliphatic carbocycles. The van der Waals surface area contributed by atoms with E-state index in [9.17, 15) is 13.2 Å². The molecule has 9 heteroatoms. The van der Waals surface area contributed by atoms with Crippen LogP contribution in [0.15, 0.2) is 83.9 Å². The first-order valence-corrected chi connectivity index (χ1v) is 12.0. The molecule has 0 atom stereocenters. The zero-order valence-corrected chi connectivity index (χ0v) is 19.4. The Balaban J connectivity index is 1.48. The lowest BCUT2D eigenvalue weighted by Crippen LogP contribution is -2.17. The second-order valence-electron chi connectivity index (χ2n) is 7.34. The molecule has 0 aliphatic heterocycles. The molecule has 0 spiro atoms. The van der Waals surface area contributed by atoms with Crippen LogP contribution in [0.5, 0.6) is 5.75 Å². The summed E-state index contributed by atoms with van der Waals surface area (Å²) in [5.74, 6) is -0.0692. The molecule has 0 saturated heterocycles. The summed E-state index contributed by atoms with van der Waals surface area (Å²) < 4.78 is 35.7. The van der Waals surface area contributed by atoms with Crippen LogP contribution in [0.25, 0.3) is 10.9 Å². The lowest BCUT2D eigenvalue weighted by Gasteiger charge is -2.14. The number of anilines is 2. The fraction of sp³-hybridized carbons (Fsp3) is 0.125. The van der Waals surface area contributed by atoms with Gasteiger partial charge in [-0.25, -0.2) is 8.42 Å². The Morgan fingerprint density at radius 3 is 2.48 bits per heavy atom. The summed E-state index contributed by atoms with van der Waals surface area (Å²) in [4.78, 5) is 12.5. The molecule has 1 heterocycles. The molecule has 0 unspecified atom stereocenters. The van der Waals surface area contributed by atoms with Crippen molar-refractivity contribution < 1.29 is 17.9 Å². The first kappa shape index (κ1) is 22.7. The topological polar surface area (TPSA) is 89.4 Å². The van der Waals surface area contributed by atoms with Crippen molar-refractivity contribution in [1.82, 2.24) is 4.57 Å². The van der Waals surface area contributed by atoms with Gasteiger partial charge < -0.3 is 14.6 Å². The molecule has 4 aromatic rings. The van der Waals surface area contributed by atoms with E-state index < -0.39 is 10.0 Å². The molecule has 0 radical (unpaired) electrons. The number of hydrogen-bond donors (Lipinski definition) is 2. The van der Waals surface area contributed by atoms with Gasteiger partial charge in [-0.1, -0.05) is 29.8 Å². The zero-order chi connectivity index (χ0) is 23.4. The Bertz CT molecular complexity index is 1400. The third-order valence-electron chi connectivity index (χ3n) is 5.09. The van der Waals surface area contributed by atoms with Crippen LogP contribution in [0.1, 0.15) is 6.42 Å². The normalized spacial score (nSPS) is 11.3. The van der Waals surface area contributed by atoms with E-state index >= 15 is 0 Å². The number of halogens is 1. The highest BCUT2D eigenvalue weighted by atomic mass is 35.5. The van der Waals surface area contributed by atoms with Crippen molar-refractivity contribution in [3.63, 3.8) is 0 Å². The molecular weight excluding hydrogens is 462 g/mol.